The lowest BCUT2D eigenvalue weighted by Gasteiger charge is -2.19. The summed E-state index contributed by atoms with van der Waals surface area (Å²) in [5.41, 5.74) is -0.823. The predicted molar refractivity (Wildman–Crippen MR) is 78.7 cm³/mol. The van der Waals surface area contributed by atoms with Gasteiger partial charge in [0.2, 0.25) is 0 Å². The summed E-state index contributed by atoms with van der Waals surface area (Å²) in [6.45, 7) is 2.93. The number of aromatic nitrogens is 1. The number of aliphatic carboxylic acids is 1. The molecule has 0 atom stereocenters. The van der Waals surface area contributed by atoms with Crippen LogP contribution in [0.1, 0.15) is 24.3 Å². The SMILES string of the molecule is CC(C)(CNC(=O)c1cc2cccc([N+](=O)[O-])c2[nH]1)C(=O)O. The fourth-order valence-electron chi connectivity index (χ4n) is 1.89. The average molecular weight is 305 g/mol. The zero-order valence-corrected chi connectivity index (χ0v) is 12.0. The molecule has 8 heteroatoms. The maximum Gasteiger partial charge on any atom is 0.310 e. The van der Waals surface area contributed by atoms with Crippen LogP contribution in [-0.2, 0) is 4.79 Å². The number of H-pyrrole nitrogens is 1. The molecule has 1 amide bonds. The second-order valence-corrected chi connectivity index (χ2v) is 5.55. The molecule has 0 fully saturated rings. The van der Waals surface area contributed by atoms with Crippen molar-refractivity contribution in [3.63, 3.8) is 0 Å². The number of non-ortho nitro benzene ring substituents is 1. The van der Waals surface area contributed by atoms with Crippen LogP contribution in [0.3, 0.4) is 0 Å². The van der Waals surface area contributed by atoms with E-state index in [1.807, 2.05) is 0 Å². The first-order chi connectivity index (χ1) is 10.2. The summed E-state index contributed by atoms with van der Waals surface area (Å²) in [6, 6.07) is 6.01. The van der Waals surface area contributed by atoms with Crippen molar-refractivity contribution in [3.8, 4) is 0 Å². The maximum atomic E-state index is 12.1. The molecular weight excluding hydrogens is 290 g/mol. The van der Waals surface area contributed by atoms with Crippen molar-refractivity contribution in [2.24, 2.45) is 5.41 Å². The molecule has 0 aliphatic carbocycles. The first-order valence-electron chi connectivity index (χ1n) is 6.50. The molecule has 0 bridgehead atoms. The van der Waals surface area contributed by atoms with Crippen LogP contribution in [0, 0.1) is 15.5 Å². The minimum absolute atomic E-state index is 0.0569. The minimum atomic E-state index is -1.10. The fourth-order valence-corrected chi connectivity index (χ4v) is 1.89. The van der Waals surface area contributed by atoms with E-state index in [1.165, 1.54) is 32.0 Å². The number of benzene rings is 1. The maximum absolute atomic E-state index is 12.1. The average Bonchev–Trinajstić information content (AvgIpc) is 2.88. The van der Waals surface area contributed by atoms with Gasteiger partial charge in [0, 0.05) is 18.0 Å². The number of nitrogens with zero attached hydrogens (tertiary/aromatic N) is 1. The molecule has 0 saturated heterocycles. The number of para-hydroxylation sites is 1. The standard InChI is InChI=1S/C14H15N3O5/c1-14(2,13(19)20)7-15-12(18)9-6-8-4-3-5-10(17(21)22)11(8)16-9/h3-6,16H,7H2,1-2H3,(H,15,18)(H,19,20). The second-order valence-electron chi connectivity index (χ2n) is 5.55. The smallest absolute Gasteiger partial charge is 0.310 e. The Kier molecular flexibility index (Phi) is 3.85. The second kappa shape index (κ2) is 5.47. The number of carbonyl (C=O) groups excluding carboxylic acids is 1. The number of carboxylic acids is 1. The van der Waals surface area contributed by atoms with E-state index in [-0.39, 0.29) is 23.4 Å². The van der Waals surface area contributed by atoms with Gasteiger partial charge in [-0.3, -0.25) is 19.7 Å². The van der Waals surface area contributed by atoms with Gasteiger partial charge in [-0.2, -0.15) is 0 Å². The number of carboxylic acid groups (broad SMARTS) is 1. The molecule has 1 aromatic carbocycles. The Morgan fingerprint density at radius 3 is 2.68 bits per heavy atom. The van der Waals surface area contributed by atoms with Gasteiger partial charge < -0.3 is 15.4 Å². The molecular formula is C14H15N3O5. The van der Waals surface area contributed by atoms with Gasteiger partial charge >= 0.3 is 5.97 Å². The molecule has 3 N–H and O–H groups in total. The van der Waals surface area contributed by atoms with Crippen molar-refractivity contribution >= 4 is 28.5 Å². The van der Waals surface area contributed by atoms with Crippen molar-refractivity contribution in [1.29, 1.82) is 0 Å². The number of fused-ring (bicyclic) bond motifs is 1. The Bertz CT molecular complexity index is 763. The van der Waals surface area contributed by atoms with Gasteiger partial charge in [-0.05, 0) is 19.9 Å². The number of hydrogen-bond acceptors (Lipinski definition) is 4. The van der Waals surface area contributed by atoms with Crippen molar-refractivity contribution in [3.05, 3.63) is 40.1 Å². The summed E-state index contributed by atoms with van der Waals surface area (Å²) in [6.07, 6.45) is 0. The van der Waals surface area contributed by atoms with Gasteiger partial charge in [-0.15, -0.1) is 0 Å². The van der Waals surface area contributed by atoms with Gasteiger partial charge in [0.1, 0.15) is 11.2 Å². The Morgan fingerprint density at radius 2 is 2.09 bits per heavy atom. The molecule has 0 aliphatic rings. The topological polar surface area (TPSA) is 125 Å². The van der Waals surface area contributed by atoms with E-state index in [0.717, 1.165) is 0 Å². The predicted octanol–water partition coefficient (Wildman–Crippen LogP) is 1.92. The number of nitro groups is 1. The lowest BCUT2D eigenvalue weighted by Crippen LogP contribution is -2.39. The van der Waals surface area contributed by atoms with Crippen LogP contribution >= 0.6 is 0 Å². The summed E-state index contributed by atoms with van der Waals surface area (Å²) in [4.78, 5) is 36.2. The van der Waals surface area contributed by atoms with E-state index >= 15 is 0 Å². The number of nitro benzene ring substituents is 1. The Balaban J connectivity index is 2.25. The minimum Gasteiger partial charge on any atom is -0.481 e. The Morgan fingerprint density at radius 1 is 1.41 bits per heavy atom. The number of nitrogens with one attached hydrogen (secondary N) is 2. The highest BCUT2D eigenvalue weighted by Crippen LogP contribution is 2.25. The van der Waals surface area contributed by atoms with Crippen LogP contribution < -0.4 is 5.32 Å². The normalized spacial score (nSPS) is 11.4. The van der Waals surface area contributed by atoms with Crippen LogP contribution in [0.15, 0.2) is 24.3 Å². The van der Waals surface area contributed by atoms with Gasteiger partial charge in [0.05, 0.1) is 10.3 Å². The third kappa shape index (κ3) is 2.90. The lowest BCUT2D eigenvalue weighted by molar-refractivity contribution is -0.383. The Labute approximate surface area is 125 Å². The van der Waals surface area contributed by atoms with Gasteiger partial charge in [-0.1, -0.05) is 12.1 Å². The highest BCUT2D eigenvalue weighted by Gasteiger charge is 2.28. The molecule has 8 nitrogen and oxygen atoms in total. The summed E-state index contributed by atoms with van der Waals surface area (Å²) < 4.78 is 0. The molecule has 0 spiro atoms. The summed E-state index contributed by atoms with van der Waals surface area (Å²) >= 11 is 0. The van der Waals surface area contributed by atoms with Crippen molar-refractivity contribution in [2.75, 3.05) is 6.54 Å². The van der Waals surface area contributed by atoms with Gasteiger partial charge in [0.15, 0.2) is 0 Å². The Hall–Kier alpha value is -2.90. The van der Waals surface area contributed by atoms with Crippen LogP contribution in [0.5, 0.6) is 0 Å². The van der Waals surface area contributed by atoms with E-state index < -0.39 is 22.2 Å². The molecule has 22 heavy (non-hydrogen) atoms. The number of hydrogen-bond donors (Lipinski definition) is 3. The molecule has 0 saturated carbocycles. The van der Waals surface area contributed by atoms with E-state index in [0.29, 0.717) is 5.39 Å². The zero-order valence-electron chi connectivity index (χ0n) is 12.0. The van der Waals surface area contributed by atoms with Crippen molar-refractivity contribution in [2.45, 2.75) is 13.8 Å². The third-order valence-electron chi connectivity index (χ3n) is 3.35. The van der Waals surface area contributed by atoms with Gasteiger partial charge in [-0.25, -0.2) is 0 Å². The molecule has 1 heterocycles. The molecule has 0 radical (unpaired) electrons. The molecule has 1 aromatic heterocycles. The van der Waals surface area contributed by atoms with E-state index in [9.17, 15) is 19.7 Å². The molecule has 0 aliphatic heterocycles. The zero-order chi connectivity index (χ0) is 16.5. The highest BCUT2D eigenvalue weighted by atomic mass is 16.6. The van der Waals surface area contributed by atoms with Gasteiger partial charge in [0.25, 0.3) is 11.6 Å². The fraction of sp³-hybridized carbons (Fsp3) is 0.286. The first-order valence-corrected chi connectivity index (χ1v) is 6.50. The van der Waals surface area contributed by atoms with Crippen LogP contribution in [-0.4, -0.2) is 33.4 Å². The van der Waals surface area contributed by atoms with E-state index in [2.05, 4.69) is 10.3 Å². The lowest BCUT2D eigenvalue weighted by atomic mass is 9.94. The summed E-state index contributed by atoms with van der Waals surface area (Å²) in [5.74, 6) is -1.54. The monoisotopic (exact) mass is 305 g/mol. The molecule has 116 valence electrons. The number of aromatic amines is 1. The summed E-state index contributed by atoms with van der Waals surface area (Å²) in [7, 11) is 0. The highest BCUT2D eigenvalue weighted by molar-refractivity contribution is 6.00. The molecule has 0 unspecified atom stereocenters. The van der Waals surface area contributed by atoms with E-state index in [1.54, 1.807) is 6.07 Å². The quantitative estimate of drug-likeness (QED) is 0.574. The van der Waals surface area contributed by atoms with Crippen LogP contribution in [0.25, 0.3) is 10.9 Å². The molecule has 2 rings (SSSR count). The number of rotatable bonds is 5. The first kappa shape index (κ1) is 15.5. The van der Waals surface area contributed by atoms with E-state index in [4.69, 9.17) is 5.11 Å². The van der Waals surface area contributed by atoms with Crippen molar-refractivity contribution < 1.29 is 19.6 Å². The third-order valence-corrected chi connectivity index (χ3v) is 3.35. The van der Waals surface area contributed by atoms with Crippen LogP contribution in [0.4, 0.5) is 5.69 Å². The number of carbonyl (C=O) groups is 2. The molecule has 2 aromatic rings. The largest absolute Gasteiger partial charge is 0.481 e. The number of amides is 1. The van der Waals surface area contributed by atoms with Crippen LogP contribution in [0.2, 0.25) is 0 Å². The summed E-state index contributed by atoms with van der Waals surface area (Å²) in [5, 5.41) is 23.0. The van der Waals surface area contributed by atoms with Crippen molar-refractivity contribution in [1.82, 2.24) is 10.3 Å².